The van der Waals surface area contributed by atoms with Gasteiger partial charge in [0.25, 0.3) is 0 Å². The van der Waals surface area contributed by atoms with E-state index in [0.29, 0.717) is 11.1 Å². The van der Waals surface area contributed by atoms with Gasteiger partial charge in [-0.15, -0.1) is 0 Å². The Balaban J connectivity index is 3.17. The number of hydrogen-bond donors (Lipinski definition) is 1. The Labute approximate surface area is 103 Å². The first kappa shape index (κ1) is 14.5. The van der Waals surface area contributed by atoms with Gasteiger partial charge in [0.1, 0.15) is 0 Å². The van der Waals surface area contributed by atoms with E-state index in [1.165, 1.54) is 6.07 Å². The number of carboxylic acid groups (broad SMARTS) is 1. The van der Waals surface area contributed by atoms with Gasteiger partial charge in [-0.25, -0.2) is 0 Å². The molecular formula is C13H15F3O2. The smallest absolute Gasteiger partial charge is 0.416 e. The number of carbonyl (C=O) groups is 1. The van der Waals surface area contributed by atoms with Gasteiger partial charge in [0, 0.05) is 5.41 Å². The summed E-state index contributed by atoms with van der Waals surface area (Å²) in [5.41, 5.74) is -0.330. The molecule has 0 aliphatic rings. The maximum absolute atomic E-state index is 12.5. The van der Waals surface area contributed by atoms with Crippen molar-refractivity contribution in [1.82, 2.24) is 0 Å². The van der Waals surface area contributed by atoms with Gasteiger partial charge < -0.3 is 5.11 Å². The highest BCUT2D eigenvalue weighted by Gasteiger charge is 2.32. The van der Waals surface area contributed by atoms with Crippen LogP contribution in [-0.4, -0.2) is 11.1 Å². The Morgan fingerprint density at radius 3 is 2.22 bits per heavy atom. The molecule has 2 nitrogen and oxygen atoms in total. The maximum atomic E-state index is 12.5. The zero-order valence-corrected chi connectivity index (χ0v) is 10.4. The molecule has 1 aromatic rings. The monoisotopic (exact) mass is 260 g/mol. The first-order chi connectivity index (χ1) is 8.04. The van der Waals surface area contributed by atoms with Crippen molar-refractivity contribution < 1.29 is 23.1 Å². The zero-order chi connectivity index (χ0) is 14.1. The van der Waals surface area contributed by atoms with E-state index in [9.17, 15) is 18.0 Å². The largest absolute Gasteiger partial charge is 0.481 e. The molecule has 1 aromatic carbocycles. The lowest BCUT2D eigenvalue weighted by Gasteiger charge is -2.25. The fourth-order valence-corrected chi connectivity index (χ4v) is 2.07. The molecule has 0 heterocycles. The molecule has 1 rings (SSSR count). The van der Waals surface area contributed by atoms with Crippen molar-refractivity contribution in [2.24, 2.45) is 0 Å². The molecular weight excluding hydrogens is 245 g/mol. The van der Waals surface area contributed by atoms with Crippen LogP contribution in [0.1, 0.15) is 37.0 Å². The number of aliphatic carboxylic acids is 1. The summed E-state index contributed by atoms with van der Waals surface area (Å²) >= 11 is 0. The van der Waals surface area contributed by atoms with E-state index in [4.69, 9.17) is 5.11 Å². The third-order valence-electron chi connectivity index (χ3n) is 2.88. The summed E-state index contributed by atoms with van der Waals surface area (Å²) in [6.07, 6.45) is -4.50. The highest BCUT2D eigenvalue weighted by atomic mass is 19.4. The lowest BCUT2D eigenvalue weighted by molar-refractivity contribution is -0.139. The average molecular weight is 260 g/mol. The number of benzene rings is 1. The van der Waals surface area contributed by atoms with Crippen LogP contribution in [-0.2, 0) is 16.4 Å². The van der Waals surface area contributed by atoms with Gasteiger partial charge in [0.2, 0.25) is 0 Å². The van der Waals surface area contributed by atoms with Crippen molar-refractivity contribution in [3.63, 3.8) is 0 Å². The van der Waals surface area contributed by atoms with E-state index in [1.807, 2.05) is 0 Å². The van der Waals surface area contributed by atoms with Gasteiger partial charge in [-0.3, -0.25) is 4.79 Å². The van der Waals surface area contributed by atoms with Crippen LogP contribution in [0.3, 0.4) is 0 Å². The third-order valence-corrected chi connectivity index (χ3v) is 2.88. The number of hydrogen-bond acceptors (Lipinski definition) is 1. The predicted octanol–water partition coefficient (Wildman–Crippen LogP) is 3.77. The van der Waals surface area contributed by atoms with Crippen LogP contribution in [0.4, 0.5) is 13.2 Å². The van der Waals surface area contributed by atoms with Crippen molar-refractivity contribution >= 4 is 5.97 Å². The summed E-state index contributed by atoms with van der Waals surface area (Å²) in [4.78, 5) is 10.7. The highest BCUT2D eigenvalue weighted by Crippen LogP contribution is 2.35. The molecule has 0 radical (unpaired) electrons. The van der Waals surface area contributed by atoms with Gasteiger partial charge in [-0.1, -0.05) is 19.9 Å². The molecule has 0 saturated carbocycles. The number of rotatable bonds is 3. The minimum absolute atomic E-state index is 0.126. The predicted molar refractivity (Wildman–Crippen MR) is 61.5 cm³/mol. The van der Waals surface area contributed by atoms with Crippen molar-refractivity contribution in [1.29, 1.82) is 0 Å². The van der Waals surface area contributed by atoms with Crippen LogP contribution in [0, 0.1) is 6.92 Å². The van der Waals surface area contributed by atoms with Crippen LogP contribution < -0.4 is 0 Å². The third kappa shape index (κ3) is 3.24. The lowest BCUT2D eigenvalue weighted by atomic mass is 9.79. The van der Waals surface area contributed by atoms with Crippen LogP contribution in [0.15, 0.2) is 18.2 Å². The van der Waals surface area contributed by atoms with Crippen LogP contribution in [0.2, 0.25) is 0 Å². The minimum Gasteiger partial charge on any atom is -0.481 e. The maximum Gasteiger partial charge on any atom is 0.416 e. The van der Waals surface area contributed by atoms with E-state index in [2.05, 4.69) is 0 Å². The molecule has 0 saturated heterocycles. The van der Waals surface area contributed by atoms with E-state index in [-0.39, 0.29) is 6.42 Å². The summed E-state index contributed by atoms with van der Waals surface area (Å²) in [5, 5.41) is 8.81. The van der Waals surface area contributed by atoms with Crippen molar-refractivity contribution in [3.05, 3.63) is 34.9 Å². The van der Waals surface area contributed by atoms with E-state index < -0.39 is 23.1 Å². The molecule has 1 N–H and O–H groups in total. The van der Waals surface area contributed by atoms with Crippen LogP contribution >= 0.6 is 0 Å². The number of aryl methyl sites for hydroxylation is 1. The Hall–Kier alpha value is -1.52. The van der Waals surface area contributed by atoms with Gasteiger partial charge in [-0.05, 0) is 30.2 Å². The van der Waals surface area contributed by atoms with E-state index >= 15 is 0 Å². The molecule has 0 aliphatic heterocycles. The Morgan fingerprint density at radius 1 is 1.28 bits per heavy atom. The zero-order valence-electron chi connectivity index (χ0n) is 10.4. The molecule has 0 atom stereocenters. The van der Waals surface area contributed by atoms with Gasteiger partial charge in [0.05, 0.1) is 12.0 Å². The van der Waals surface area contributed by atoms with E-state index in [1.54, 1.807) is 20.8 Å². The average Bonchev–Trinajstić information content (AvgIpc) is 2.13. The lowest BCUT2D eigenvalue weighted by Crippen LogP contribution is -2.23. The normalized spacial score (nSPS) is 12.6. The first-order valence-electron chi connectivity index (χ1n) is 5.44. The van der Waals surface area contributed by atoms with Crippen molar-refractivity contribution in [2.75, 3.05) is 0 Å². The topological polar surface area (TPSA) is 37.3 Å². The minimum atomic E-state index is -4.37. The van der Waals surface area contributed by atoms with Gasteiger partial charge in [0.15, 0.2) is 0 Å². The fourth-order valence-electron chi connectivity index (χ4n) is 2.07. The molecule has 0 aliphatic carbocycles. The molecule has 100 valence electrons. The Bertz CT molecular complexity index is 462. The quantitative estimate of drug-likeness (QED) is 0.898. The van der Waals surface area contributed by atoms with E-state index in [0.717, 1.165) is 12.1 Å². The molecule has 0 unspecified atom stereocenters. The van der Waals surface area contributed by atoms with Crippen molar-refractivity contribution in [2.45, 2.75) is 38.8 Å². The van der Waals surface area contributed by atoms with Crippen LogP contribution in [0.5, 0.6) is 0 Å². The molecule has 0 bridgehead atoms. The summed E-state index contributed by atoms with van der Waals surface area (Å²) in [6.45, 7) is 4.97. The number of carboxylic acids is 1. The standard InChI is InChI=1S/C13H15F3O2/c1-8-6-9(13(14,15)16)4-5-10(8)12(2,3)7-11(17)18/h4-6H,7H2,1-3H3,(H,17,18). The fraction of sp³-hybridized carbons (Fsp3) is 0.462. The summed E-state index contributed by atoms with van der Waals surface area (Å²) in [7, 11) is 0. The van der Waals surface area contributed by atoms with Gasteiger partial charge >= 0.3 is 12.1 Å². The molecule has 18 heavy (non-hydrogen) atoms. The summed E-state index contributed by atoms with van der Waals surface area (Å²) in [6, 6.07) is 3.41. The Kier molecular flexibility index (Phi) is 3.74. The highest BCUT2D eigenvalue weighted by molar-refractivity contribution is 5.69. The molecule has 0 aromatic heterocycles. The van der Waals surface area contributed by atoms with Gasteiger partial charge in [-0.2, -0.15) is 13.2 Å². The summed E-state index contributed by atoms with van der Waals surface area (Å²) < 4.78 is 37.5. The number of halogens is 3. The number of alkyl halides is 3. The van der Waals surface area contributed by atoms with Crippen LogP contribution in [0.25, 0.3) is 0 Å². The second-order valence-corrected chi connectivity index (χ2v) is 4.98. The second kappa shape index (κ2) is 4.63. The first-order valence-corrected chi connectivity index (χ1v) is 5.44. The SMILES string of the molecule is Cc1cc(C(F)(F)F)ccc1C(C)(C)CC(=O)O. The molecule has 5 heteroatoms. The Morgan fingerprint density at radius 2 is 1.83 bits per heavy atom. The molecule has 0 spiro atoms. The molecule has 0 fully saturated rings. The second-order valence-electron chi connectivity index (χ2n) is 4.98. The van der Waals surface area contributed by atoms with Crippen molar-refractivity contribution in [3.8, 4) is 0 Å². The summed E-state index contributed by atoms with van der Waals surface area (Å²) in [5.74, 6) is -0.973. The molecule has 0 amide bonds.